The van der Waals surface area contributed by atoms with E-state index in [1.165, 1.54) is 86.8 Å². The number of likely N-dealkylation sites (N-methyl/N-ethyl adjacent to an activating group) is 1. The van der Waals surface area contributed by atoms with Crippen molar-refractivity contribution in [1.82, 2.24) is 73.7 Å². The molecule has 0 radical (unpaired) electrons. The number of H-pyrrole nitrogens is 1. The highest BCUT2D eigenvalue weighted by Gasteiger charge is 2.40. The minimum atomic E-state index is -1.84. The normalized spacial score (nSPS) is 22.7. The molecular formula is C87H109N15O18S. The number of hydrogen-bond acceptors (Lipinski definition) is 19. The molecule has 6 aromatic carbocycles. The zero-order chi connectivity index (χ0) is 88.1. The first-order valence-electron chi connectivity index (χ1n) is 39.9. The molecule has 12 atom stereocenters. The number of para-hydroxylation sites is 1. The molecule has 33 nitrogen and oxygen atoms in total. The summed E-state index contributed by atoms with van der Waals surface area (Å²) >= 11 is 0.827. The number of aromatic hydroxyl groups is 3. The van der Waals surface area contributed by atoms with Gasteiger partial charge in [0.25, 0.3) is 0 Å². The number of benzene rings is 6. The van der Waals surface area contributed by atoms with Gasteiger partial charge in [-0.1, -0.05) is 157 Å². The molecule has 19 N–H and O–H groups in total. The van der Waals surface area contributed by atoms with Crippen molar-refractivity contribution in [1.29, 1.82) is 0 Å². The molecule has 0 spiro atoms. The van der Waals surface area contributed by atoms with Crippen LogP contribution < -0.4 is 69.5 Å². The lowest BCUT2D eigenvalue weighted by molar-refractivity contribution is -0.143. The predicted molar refractivity (Wildman–Crippen MR) is 452 cm³/mol. The second kappa shape index (κ2) is 45.4. The Morgan fingerprint density at radius 3 is 1.34 bits per heavy atom. The van der Waals surface area contributed by atoms with Gasteiger partial charge in [0.2, 0.25) is 82.7 Å². The Kier molecular flexibility index (Phi) is 35.1. The number of rotatable bonds is 21. The number of aromatic amines is 1. The number of nitrogens with zero attached hydrogens (tertiary/aromatic N) is 1. The van der Waals surface area contributed by atoms with Crippen molar-refractivity contribution in [3.63, 3.8) is 0 Å². The Hall–Kier alpha value is -12.9. The molecule has 1 aromatic heterocycles. The summed E-state index contributed by atoms with van der Waals surface area (Å²) < 4.78 is 0. The summed E-state index contributed by atoms with van der Waals surface area (Å²) in [6, 6.07) is 22.6. The van der Waals surface area contributed by atoms with Crippen LogP contribution in [0.2, 0.25) is 0 Å². The van der Waals surface area contributed by atoms with Crippen molar-refractivity contribution >= 4 is 105 Å². The minimum absolute atomic E-state index is 0.0443. The molecule has 1 saturated heterocycles. The lowest BCUT2D eigenvalue weighted by Crippen LogP contribution is -2.62. The highest BCUT2D eigenvalue weighted by Crippen LogP contribution is 2.23. The molecule has 8 rings (SSSR count). The first-order valence-corrected chi connectivity index (χ1v) is 41.1. The van der Waals surface area contributed by atoms with Crippen LogP contribution in [0.5, 0.6) is 17.2 Å². The van der Waals surface area contributed by atoms with Gasteiger partial charge >= 0.3 is 0 Å². The zero-order valence-corrected chi connectivity index (χ0v) is 69.5. The van der Waals surface area contributed by atoms with E-state index in [2.05, 4.69) is 68.8 Å². The Labute approximate surface area is 705 Å². The van der Waals surface area contributed by atoms with Crippen LogP contribution in [0.1, 0.15) is 94.7 Å². The summed E-state index contributed by atoms with van der Waals surface area (Å²) in [5.41, 5.74) is 8.93. The Morgan fingerprint density at radius 2 is 0.843 bits per heavy atom. The maximum atomic E-state index is 15.7. The van der Waals surface area contributed by atoms with Crippen molar-refractivity contribution in [2.24, 2.45) is 23.5 Å². The lowest BCUT2D eigenvalue weighted by atomic mass is 9.98. The fourth-order valence-corrected chi connectivity index (χ4v) is 14.5. The first-order chi connectivity index (χ1) is 57.6. The average Bonchev–Trinajstić information content (AvgIpc) is 1.75. The first kappa shape index (κ1) is 93.6. The van der Waals surface area contributed by atoms with Crippen molar-refractivity contribution in [3.05, 3.63) is 197 Å². The maximum absolute atomic E-state index is 15.7. The number of hydrogen-bond donors (Lipinski definition) is 18. The van der Waals surface area contributed by atoms with Gasteiger partial charge in [0.15, 0.2) is 0 Å². The Balaban J connectivity index is 1.20. The highest BCUT2D eigenvalue weighted by atomic mass is 32.2. The van der Waals surface area contributed by atoms with Crippen LogP contribution in [-0.4, -0.2) is 217 Å². The SMILES string of the molecule is CC(C)C[C@@H]1NC(=O)[C@H](Cc2ccc(O)cc2)NC(=O)[C@H](Cc2ccccc2)NC(=O)CSC[C@@H](C(=O)NCC(N)=O)NC(=O)[C@H](CC(C)C)NC(=O)[C@H](Cc2ccccc2)N(C)C(=O)[C@H](Cc2ccc(O)cc2)NC(=O)[C@H](Cc2c[nH]c3ccccc23)NC(=O)[C@H](C)NC(=O)[C@H](CO)NC(=O)[C@H](Cc2ccc(O)cc2)NC(=O)[C@H](C(C)C)NC1=O. The third kappa shape index (κ3) is 29.0. The molecule has 121 heavy (non-hydrogen) atoms. The number of aliphatic hydroxyl groups is 1. The number of nitrogens with one attached hydrogen (secondary N) is 13. The fraction of sp³-hybridized carbons (Fsp3) is 0.402. The largest absolute Gasteiger partial charge is 0.508 e. The van der Waals surface area contributed by atoms with E-state index in [0.29, 0.717) is 44.3 Å². The van der Waals surface area contributed by atoms with Crippen LogP contribution in [0.15, 0.2) is 164 Å². The van der Waals surface area contributed by atoms with Gasteiger partial charge in [-0.05, 0) is 113 Å². The number of carbonyl (C=O) groups excluding carboxylic acids is 14. The average molecular weight is 1680 g/mol. The summed E-state index contributed by atoms with van der Waals surface area (Å²) in [4.78, 5) is 210. The van der Waals surface area contributed by atoms with Crippen LogP contribution in [-0.2, 0) is 106 Å². The quantitative estimate of drug-likeness (QED) is 0.0482. The van der Waals surface area contributed by atoms with Crippen LogP contribution >= 0.6 is 11.8 Å². The van der Waals surface area contributed by atoms with Crippen LogP contribution in [0.3, 0.4) is 0 Å². The molecule has 1 aliphatic heterocycles. The molecule has 0 aliphatic carbocycles. The predicted octanol–water partition coefficient (Wildman–Crippen LogP) is 1.31. The Bertz CT molecular complexity index is 4750. The number of aliphatic hydroxyl groups excluding tert-OH is 1. The van der Waals surface area contributed by atoms with Gasteiger partial charge in [0, 0.05) is 68.4 Å². The fourth-order valence-electron chi connectivity index (χ4n) is 13.6. The maximum Gasteiger partial charge on any atom is 0.245 e. The van der Waals surface area contributed by atoms with E-state index < -0.39 is 180 Å². The van der Waals surface area contributed by atoms with E-state index in [4.69, 9.17) is 5.73 Å². The van der Waals surface area contributed by atoms with Gasteiger partial charge in [-0.15, -0.1) is 11.8 Å². The van der Waals surface area contributed by atoms with Gasteiger partial charge in [0.1, 0.15) is 89.8 Å². The van der Waals surface area contributed by atoms with Crippen molar-refractivity contribution in [2.45, 2.75) is 172 Å². The summed E-state index contributed by atoms with van der Waals surface area (Å²) in [7, 11) is 1.32. The van der Waals surface area contributed by atoms with Crippen molar-refractivity contribution in [2.75, 3.05) is 31.7 Å². The van der Waals surface area contributed by atoms with E-state index in [1.807, 2.05) is 0 Å². The van der Waals surface area contributed by atoms with E-state index in [1.54, 1.807) is 133 Å². The number of thioether (sulfide) groups is 1. The molecule has 646 valence electrons. The van der Waals surface area contributed by atoms with Crippen molar-refractivity contribution < 1.29 is 87.5 Å². The molecule has 1 aliphatic rings. The topological polar surface area (TPSA) is 509 Å². The highest BCUT2D eigenvalue weighted by molar-refractivity contribution is 8.00. The van der Waals surface area contributed by atoms with Crippen molar-refractivity contribution in [3.8, 4) is 17.2 Å². The minimum Gasteiger partial charge on any atom is -0.508 e. The molecule has 2 heterocycles. The monoisotopic (exact) mass is 1680 g/mol. The van der Waals surface area contributed by atoms with Gasteiger partial charge < -0.3 is 99.8 Å². The smallest absolute Gasteiger partial charge is 0.245 e. The number of phenols is 3. The number of fused-ring (bicyclic) bond motifs is 1. The van der Waals surface area contributed by atoms with E-state index in [9.17, 15) is 68.4 Å². The van der Waals surface area contributed by atoms with Gasteiger partial charge in [-0.2, -0.15) is 0 Å². The number of nitrogens with two attached hydrogens (primary N) is 1. The van der Waals surface area contributed by atoms with Gasteiger partial charge in [0.05, 0.1) is 18.9 Å². The van der Waals surface area contributed by atoms with Crippen LogP contribution in [0, 0.1) is 17.8 Å². The third-order valence-electron chi connectivity index (χ3n) is 20.1. The Morgan fingerprint density at radius 1 is 0.446 bits per heavy atom. The lowest BCUT2D eigenvalue weighted by Gasteiger charge is -2.33. The molecule has 0 bridgehead atoms. The van der Waals surface area contributed by atoms with Gasteiger partial charge in [-0.3, -0.25) is 67.1 Å². The number of carbonyl (C=O) groups is 14. The van der Waals surface area contributed by atoms with E-state index in [-0.39, 0.29) is 86.2 Å². The number of aromatic nitrogens is 1. The van der Waals surface area contributed by atoms with E-state index in [0.717, 1.165) is 16.7 Å². The molecule has 0 saturated carbocycles. The molecular weight excluding hydrogens is 1580 g/mol. The van der Waals surface area contributed by atoms with Crippen LogP contribution in [0.25, 0.3) is 10.9 Å². The third-order valence-corrected chi connectivity index (χ3v) is 21.2. The van der Waals surface area contributed by atoms with Gasteiger partial charge in [-0.25, -0.2) is 0 Å². The number of primary amides is 1. The second-order valence-corrected chi connectivity index (χ2v) is 32.3. The van der Waals surface area contributed by atoms with Crippen LogP contribution in [0.4, 0.5) is 0 Å². The number of amides is 14. The zero-order valence-electron chi connectivity index (χ0n) is 68.7. The molecule has 1 fully saturated rings. The summed E-state index contributed by atoms with van der Waals surface area (Å²) in [5, 5.41) is 74.4. The molecule has 0 unspecified atom stereocenters. The summed E-state index contributed by atoms with van der Waals surface area (Å²) in [6.07, 6.45) is 0.0531. The van der Waals surface area contributed by atoms with E-state index >= 15 is 19.2 Å². The second-order valence-electron chi connectivity index (χ2n) is 31.2. The standard InChI is InChI=1S/C87H109N15O18S/c1-48(2)35-63-78(111)100-71(77(110)90-44-73(88)107)46-121-47-74(108)92-65(37-52-17-11-9-12-18-52)79(112)95-66(38-54-23-29-58(104)30-24-54)80(113)94-64(36-49(3)4)83(116)101-75(50(5)6)86(119)97-67(39-55-25-31-59(105)32-26-55)81(114)99-70(45-103)84(117)91-51(7)76(109)93-68(42-57-43-89-62-22-16-15-21-61(57)62)82(115)98-69(40-56-27-33-60(106)34-28-56)87(120)102(8)72(85(118)96-63)41-53-19-13-10-14-20-53/h9-34,43,48-51,63-72,75,89,103-106H,35-42,44-47H2,1-8H3,(H2,88,107)(H,90,110)(H,91,117)(H,92,108)(H,93,109)(H,94,113)(H,95,112)(H,96,118)(H,97,119)(H,98,115)(H,99,114)(H,100,111)(H,101,116)/t51-,63-,64-,65-,66-,67-,68-,69-,70-,71-,72-,75-/m0/s1. The summed E-state index contributed by atoms with van der Waals surface area (Å²) in [6.45, 7) is 9.74. The molecule has 14 amide bonds. The number of phenolic OH excluding ortho intramolecular Hbond substituents is 3. The summed E-state index contributed by atoms with van der Waals surface area (Å²) in [5.74, 6) is -15.6. The molecule has 7 aromatic rings. The molecule has 34 heteroatoms.